The molecule has 2 N–H and O–H groups in total. The first-order valence-electron chi connectivity index (χ1n) is 4.79. The van der Waals surface area contributed by atoms with Crippen molar-refractivity contribution < 1.29 is 4.74 Å². The van der Waals surface area contributed by atoms with Crippen LogP contribution >= 0.6 is 11.3 Å². The molecule has 1 aromatic heterocycles. The zero-order chi connectivity index (χ0) is 10.5. The van der Waals surface area contributed by atoms with Crippen LogP contribution in [0, 0.1) is 0 Å². The molecule has 2 aromatic rings. The van der Waals surface area contributed by atoms with Crippen molar-refractivity contribution in [2.24, 2.45) is 0 Å². The van der Waals surface area contributed by atoms with Crippen LogP contribution < -0.4 is 5.73 Å². The van der Waals surface area contributed by atoms with Crippen molar-refractivity contribution in [2.75, 3.05) is 5.73 Å². The topological polar surface area (TPSA) is 35.2 Å². The third-order valence-corrected chi connectivity index (χ3v) is 2.89. The summed E-state index contributed by atoms with van der Waals surface area (Å²) >= 11 is 1.71. The van der Waals surface area contributed by atoms with Crippen LogP contribution in [0.3, 0.4) is 0 Å². The second-order valence-corrected chi connectivity index (χ2v) is 4.35. The van der Waals surface area contributed by atoms with Gasteiger partial charge in [0, 0.05) is 10.6 Å². The van der Waals surface area contributed by atoms with Crippen molar-refractivity contribution in [3.63, 3.8) is 0 Å². The Labute approximate surface area is 93.3 Å². The van der Waals surface area contributed by atoms with Gasteiger partial charge in [-0.2, -0.15) is 0 Å². The lowest BCUT2D eigenvalue weighted by Crippen LogP contribution is -1.93. The highest BCUT2D eigenvalue weighted by molar-refractivity contribution is 7.09. The minimum Gasteiger partial charge on any atom is -0.399 e. The summed E-state index contributed by atoms with van der Waals surface area (Å²) in [5.74, 6) is 0. The molecule has 0 spiro atoms. The number of rotatable bonds is 4. The van der Waals surface area contributed by atoms with Gasteiger partial charge in [-0.1, -0.05) is 18.2 Å². The normalized spacial score (nSPS) is 10.4. The third-order valence-electron chi connectivity index (χ3n) is 2.04. The maximum Gasteiger partial charge on any atom is 0.0813 e. The van der Waals surface area contributed by atoms with E-state index in [4.69, 9.17) is 10.5 Å². The molecule has 0 aliphatic carbocycles. The zero-order valence-electron chi connectivity index (χ0n) is 8.35. The van der Waals surface area contributed by atoms with Crippen LogP contribution in [0.25, 0.3) is 0 Å². The van der Waals surface area contributed by atoms with Gasteiger partial charge in [0.05, 0.1) is 13.2 Å². The monoisotopic (exact) mass is 219 g/mol. The van der Waals surface area contributed by atoms with Gasteiger partial charge in [0.25, 0.3) is 0 Å². The second-order valence-electron chi connectivity index (χ2n) is 3.32. The fraction of sp³-hybridized carbons (Fsp3) is 0.167. The lowest BCUT2D eigenvalue weighted by atomic mass is 10.2. The highest BCUT2D eigenvalue weighted by Crippen LogP contribution is 2.12. The van der Waals surface area contributed by atoms with Crippen LogP contribution in [-0.2, 0) is 18.0 Å². The van der Waals surface area contributed by atoms with Gasteiger partial charge in [-0.05, 0) is 29.1 Å². The highest BCUT2D eigenvalue weighted by atomic mass is 32.1. The number of hydrogen-bond donors (Lipinski definition) is 1. The Morgan fingerprint density at radius 1 is 1.13 bits per heavy atom. The number of anilines is 1. The molecule has 0 aliphatic rings. The molecule has 3 heteroatoms. The van der Waals surface area contributed by atoms with Gasteiger partial charge in [-0.3, -0.25) is 0 Å². The van der Waals surface area contributed by atoms with Crippen molar-refractivity contribution >= 4 is 17.0 Å². The molecule has 0 saturated carbocycles. The van der Waals surface area contributed by atoms with Gasteiger partial charge in [0.15, 0.2) is 0 Å². The van der Waals surface area contributed by atoms with Crippen molar-refractivity contribution in [2.45, 2.75) is 13.2 Å². The molecule has 0 fully saturated rings. The average molecular weight is 219 g/mol. The maximum atomic E-state index is 5.67. The lowest BCUT2D eigenvalue weighted by Gasteiger charge is -2.03. The molecule has 1 heterocycles. The molecule has 0 saturated heterocycles. The van der Waals surface area contributed by atoms with Crippen LogP contribution in [0.4, 0.5) is 5.69 Å². The smallest absolute Gasteiger partial charge is 0.0813 e. The Bertz CT molecular complexity index is 411. The van der Waals surface area contributed by atoms with E-state index >= 15 is 0 Å². The maximum absolute atomic E-state index is 5.67. The molecule has 0 unspecified atom stereocenters. The second kappa shape index (κ2) is 4.96. The predicted octanol–water partition coefficient (Wildman–Crippen LogP) is 3.05. The largest absolute Gasteiger partial charge is 0.399 e. The summed E-state index contributed by atoms with van der Waals surface area (Å²) in [5.41, 5.74) is 7.57. The molecule has 2 rings (SSSR count). The predicted molar refractivity (Wildman–Crippen MR) is 63.7 cm³/mol. The Kier molecular flexibility index (Phi) is 3.37. The van der Waals surface area contributed by atoms with E-state index in [9.17, 15) is 0 Å². The fourth-order valence-electron chi connectivity index (χ4n) is 1.35. The number of benzene rings is 1. The Hall–Kier alpha value is -1.32. The van der Waals surface area contributed by atoms with Crippen LogP contribution in [0.2, 0.25) is 0 Å². The molecular formula is C12H13NOS. The first-order chi connectivity index (χ1) is 7.34. The van der Waals surface area contributed by atoms with Gasteiger partial charge in [0.2, 0.25) is 0 Å². The first kappa shape index (κ1) is 10.2. The third kappa shape index (κ3) is 3.08. The van der Waals surface area contributed by atoms with Gasteiger partial charge in [-0.15, -0.1) is 11.3 Å². The number of ether oxygens (including phenoxy) is 1. The Morgan fingerprint density at radius 2 is 2.07 bits per heavy atom. The van der Waals surface area contributed by atoms with E-state index in [2.05, 4.69) is 11.4 Å². The lowest BCUT2D eigenvalue weighted by molar-refractivity contribution is 0.109. The van der Waals surface area contributed by atoms with E-state index in [0.717, 1.165) is 11.3 Å². The molecule has 2 nitrogen and oxygen atoms in total. The molecule has 1 aromatic carbocycles. The highest BCUT2D eigenvalue weighted by Gasteiger charge is 1.96. The van der Waals surface area contributed by atoms with Crippen molar-refractivity contribution in [3.05, 3.63) is 52.2 Å². The summed E-state index contributed by atoms with van der Waals surface area (Å²) in [6.45, 7) is 1.29. The first-order valence-corrected chi connectivity index (χ1v) is 5.67. The van der Waals surface area contributed by atoms with E-state index in [1.54, 1.807) is 11.3 Å². The van der Waals surface area contributed by atoms with E-state index in [0.29, 0.717) is 13.2 Å². The molecule has 0 aliphatic heterocycles. The van der Waals surface area contributed by atoms with Crippen molar-refractivity contribution in [1.29, 1.82) is 0 Å². The molecule has 78 valence electrons. The van der Waals surface area contributed by atoms with Gasteiger partial charge >= 0.3 is 0 Å². The molecule has 0 atom stereocenters. The summed E-state index contributed by atoms with van der Waals surface area (Å²) < 4.78 is 5.57. The molecule has 0 radical (unpaired) electrons. The van der Waals surface area contributed by atoms with Gasteiger partial charge < -0.3 is 10.5 Å². The Balaban J connectivity index is 1.83. The SMILES string of the molecule is Nc1cccc(COCc2cccs2)c1. The van der Waals surface area contributed by atoms with Crippen LogP contribution in [0.1, 0.15) is 10.4 Å². The number of nitrogen functional groups attached to an aromatic ring is 1. The standard InChI is InChI=1S/C12H13NOS/c13-11-4-1-3-10(7-11)8-14-9-12-5-2-6-15-12/h1-7H,8-9,13H2. The summed E-state index contributed by atoms with van der Waals surface area (Å²) in [6.07, 6.45) is 0. The number of hydrogen-bond acceptors (Lipinski definition) is 3. The van der Waals surface area contributed by atoms with Gasteiger partial charge in [0.1, 0.15) is 0 Å². The van der Waals surface area contributed by atoms with E-state index in [-0.39, 0.29) is 0 Å². The molecule has 0 amide bonds. The van der Waals surface area contributed by atoms with Crippen molar-refractivity contribution in [1.82, 2.24) is 0 Å². The minimum absolute atomic E-state index is 0.614. The zero-order valence-corrected chi connectivity index (χ0v) is 9.17. The van der Waals surface area contributed by atoms with Gasteiger partial charge in [-0.25, -0.2) is 0 Å². The Morgan fingerprint density at radius 3 is 2.80 bits per heavy atom. The van der Waals surface area contributed by atoms with Crippen LogP contribution in [0.5, 0.6) is 0 Å². The van der Waals surface area contributed by atoms with Crippen LogP contribution in [0.15, 0.2) is 41.8 Å². The molecule has 0 bridgehead atoms. The molecular weight excluding hydrogens is 206 g/mol. The van der Waals surface area contributed by atoms with Crippen LogP contribution in [-0.4, -0.2) is 0 Å². The average Bonchev–Trinajstić information content (AvgIpc) is 2.71. The van der Waals surface area contributed by atoms with E-state index < -0.39 is 0 Å². The number of thiophene rings is 1. The minimum atomic E-state index is 0.614. The molecule has 15 heavy (non-hydrogen) atoms. The van der Waals surface area contributed by atoms with E-state index in [1.807, 2.05) is 30.3 Å². The summed E-state index contributed by atoms with van der Waals surface area (Å²) in [6, 6.07) is 11.9. The van der Waals surface area contributed by atoms with Crippen molar-refractivity contribution in [3.8, 4) is 0 Å². The quantitative estimate of drug-likeness (QED) is 0.802. The summed E-state index contributed by atoms with van der Waals surface area (Å²) in [4.78, 5) is 1.25. The van der Waals surface area contributed by atoms with E-state index in [1.165, 1.54) is 4.88 Å². The fourth-order valence-corrected chi connectivity index (χ4v) is 1.99. The summed E-state index contributed by atoms with van der Waals surface area (Å²) in [7, 11) is 0. The summed E-state index contributed by atoms with van der Waals surface area (Å²) in [5, 5.41) is 2.05. The number of nitrogens with two attached hydrogens (primary N) is 1.